The molecule has 1 rings (SSSR count). The minimum absolute atomic E-state index is 0.667. The van der Waals surface area contributed by atoms with Gasteiger partial charge in [0.1, 0.15) is 0 Å². The third-order valence-corrected chi connectivity index (χ3v) is 3.31. The van der Waals surface area contributed by atoms with Gasteiger partial charge >= 0.3 is 0 Å². The molecule has 2 atom stereocenters. The molecule has 1 heterocycles. The first-order valence-electron chi connectivity index (χ1n) is 6.30. The highest BCUT2D eigenvalue weighted by molar-refractivity contribution is 4.82. The van der Waals surface area contributed by atoms with E-state index in [4.69, 9.17) is 0 Å². The second-order valence-electron chi connectivity index (χ2n) is 4.90. The standard InChI is InChI=1S/C12H27N3/c1-5-6-13-9-11(2)15-8-7-14(4)10-12(15)3/h11-13H,5-10H2,1-4H3. The molecule has 2 unspecified atom stereocenters. The van der Waals surface area contributed by atoms with E-state index in [1.54, 1.807) is 0 Å². The van der Waals surface area contributed by atoms with E-state index in [2.05, 4.69) is 42.9 Å². The summed E-state index contributed by atoms with van der Waals surface area (Å²) in [5.74, 6) is 0. The fourth-order valence-corrected chi connectivity index (χ4v) is 2.41. The average Bonchev–Trinajstić information content (AvgIpc) is 2.17. The van der Waals surface area contributed by atoms with Crippen LogP contribution in [0.5, 0.6) is 0 Å². The lowest BCUT2D eigenvalue weighted by molar-refractivity contribution is 0.0675. The van der Waals surface area contributed by atoms with Crippen molar-refractivity contribution in [2.75, 3.05) is 39.8 Å². The molecule has 1 fully saturated rings. The molecule has 1 N–H and O–H groups in total. The van der Waals surface area contributed by atoms with Crippen LogP contribution in [0, 0.1) is 0 Å². The van der Waals surface area contributed by atoms with Crippen LogP contribution in [0.2, 0.25) is 0 Å². The molecule has 1 aliphatic heterocycles. The lowest BCUT2D eigenvalue weighted by Crippen LogP contribution is -2.55. The third kappa shape index (κ3) is 4.09. The SMILES string of the molecule is CCCNCC(C)N1CCN(C)CC1C. The first-order chi connectivity index (χ1) is 7.15. The molecule has 90 valence electrons. The minimum Gasteiger partial charge on any atom is -0.315 e. The van der Waals surface area contributed by atoms with Crippen molar-refractivity contribution in [3.63, 3.8) is 0 Å². The van der Waals surface area contributed by atoms with Crippen molar-refractivity contribution >= 4 is 0 Å². The van der Waals surface area contributed by atoms with Crippen molar-refractivity contribution in [1.82, 2.24) is 15.1 Å². The molecular formula is C12H27N3. The van der Waals surface area contributed by atoms with Gasteiger partial charge in [-0.1, -0.05) is 6.92 Å². The van der Waals surface area contributed by atoms with Gasteiger partial charge in [0, 0.05) is 38.3 Å². The number of hydrogen-bond donors (Lipinski definition) is 1. The van der Waals surface area contributed by atoms with Crippen molar-refractivity contribution in [1.29, 1.82) is 0 Å². The molecule has 3 nitrogen and oxygen atoms in total. The summed E-state index contributed by atoms with van der Waals surface area (Å²) in [6, 6.07) is 1.36. The van der Waals surface area contributed by atoms with E-state index in [9.17, 15) is 0 Å². The van der Waals surface area contributed by atoms with Gasteiger partial charge in [-0.05, 0) is 33.9 Å². The van der Waals surface area contributed by atoms with Crippen LogP contribution < -0.4 is 5.32 Å². The van der Waals surface area contributed by atoms with Crippen LogP contribution >= 0.6 is 0 Å². The molecule has 0 amide bonds. The Bertz CT molecular complexity index is 172. The van der Waals surface area contributed by atoms with Crippen molar-refractivity contribution in [3.05, 3.63) is 0 Å². The highest BCUT2D eigenvalue weighted by Gasteiger charge is 2.24. The normalized spacial score (nSPS) is 26.8. The summed E-state index contributed by atoms with van der Waals surface area (Å²) in [5.41, 5.74) is 0. The van der Waals surface area contributed by atoms with E-state index < -0.39 is 0 Å². The van der Waals surface area contributed by atoms with E-state index in [1.807, 2.05) is 0 Å². The average molecular weight is 213 g/mol. The lowest BCUT2D eigenvalue weighted by Gasteiger charge is -2.41. The van der Waals surface area contributed by atoms with Gasteiger partial charge in [0.05, 0.1) is 0 Å². The fraction of sp³-hybridized carbons (Fsp3) is 1.00. The zero-order chi connectivity index (χ0) is 11.3. The van der Waals surface area contributed by atoms with Crippen LogP contribution in [0.25, 0.3) is 0 Å². The molecule has 3 heteroatoms. The molecule has 0 bridgehead atoms. The van der Waals surface area contributed by atoms with E-state index in [0.717, 1.165) is 13.1 Å². The first-order valence-corrected chi connectivity index (χ1v) is 6.30. The highest BCUT2D eigenvalue weighted by Crippen LogP contribution is 2.11. The number of likely N-dealkylation sites (N-methyl/N-ethyl adjacent to an activating group) is 1. The van der Waals surface area contributed by atoms with Gasteiger partial charge in [0.15, 0.2) is 0 Å². The van der Waals surface area contributed by atoms with Crippen LogP contribution in [0.3, 0.4) is 0 Å². The first kappa shape index (κ1) is 12.9. The molecule has 15 heavy (non-hydrogen) atoms. The quantitative estimate of drug-likeness (QED) is 0.688. The van der Waals surface area contributed by atoms with Gasteiger partial charge in [0.2, 0.25) is 0 Å². The molecule has 1 aliphatic rings. The van der Waals surface area contributed by atoms with E-state index in [1.165, 1.54) is 26.1 Å². The Morgan fingerprint density at radius 2 is 2.13 bits per heavy atom. The molecule has 0 aromatic heterocycles. The van der Waals surface area contributed by atoms with Crippen molar-refractivity contribution in [3.8, 4) is 0 Å². The topological polar surface area (TPSA) is 18.5 Å². The molecule has 1 saturated heterocycles. The van der Waals surface area contributed by atoms with Crippen LogP contribution in [0.4, 0.5) is 0 Å². The summed E-state index contributed by atoms with van der Waals surface area (Å²) in [6.07, 6.45) is 1.23. The second kappa shape index (κ2) is 6.46. The molecule has 0 aromatic rings. The second-order valence-corrected chi connectivity index (χ2v) is 4.90. The molecule has 0 spiro atoms. The summed E-state index contributed by atoms with van der Waals surface area (Å²) in [4.78, 5) is 5.05. The Kier molecular flexibility index (Phi) is 5.58. The van der Waals surface area contributed by atoms with E-state index >= 15 is 0 Å². The summed E-state index contributed by atoms with van der Waals surface area (Å²) in [7, 11) is 2.22. The van der Waals surface area contributed by atoms with Gasteiger partial charge < -0.3 is 10.2 Å². The maximum absolute atomic E-state index is 3.51. The van der Waals surface area contributed by atoms with Gasteiger partial charge in [-0.15, -0.1) is 0 Å². The maximum atomic E-state index is 3.51. The largest absolute Gasteiger partial charge is 0.315 e. The fourth-order valence-electron chi connectivity index (χ4n) is 2.41. The molecule has 0 saturated carbocycles. The summed E-state index contributed by atoms with van der Waals surface area (Å²) in [6.45, 7) is 12.8. The molecular weight excluding hydrogens is 186 g/mol. The van der Waals surface area contributed by atoms with Gasteiger partial charge in [-0.25, -0.2) is 0 Å². The van der Waals surface area contributed by atoms with Gasteiger partial charge in [0.25, 0.3) is 0 Å². The number of piperazine rings is 1. The maximum Gasteiger partial charge on any atom is 0.0198 e. The van der Waals surface area contributed by atoms with Crippen LogP contribution in [0.15, 0.2) is 0 Å². The van der Waals surface area contributed by atoms with Gasteiger partial charge in [-0.3, -0.25) is 4.90 Å². The minimum atomic E-state index is 0.667. The Morgan fingerprint density at radius 3 is 2.73 bits per heavy atom. The highest BCUT2D eigenvalue weighted by atomic mass is 15.3. The van der Waals surface area contributed by atoms with Crippen molar-refractivity contribution < 1.29 is 0 Å². The van der Waals surface area contributed by atoms with Crippen LogP contribution in [0.1, 0.15) is 27.2 Å². The van der Waals surface area contributed by atoms with Crippen molar-refractivity contribution in [2.24, 2.45) is 0 Å². The third-order valence-electron chi connectivity index (χ3n) is 3.31. The Balaban J connectivity index is 2.28. The Hall–Kier alpha value is -0.120. The number of nitrogens with one attached hydrogen (secondary N) is 1. The monoisotopic (exact) mass is 213 g/mol. The summed E-state index contributed by atoms with van der Waals surface area (Å²) < 4.78 is 0. The Labute approximate surface area is 94.8 Å². The van der Waals surface area contributed by atoms with Crippen molar-refractivity contribution in [2.45, 2.75) is 39.3 Å². The lowest BCUT2D eigenvalue weighted by atomic mass is 10.1. The molecule has 0 radical (unpaired) electrons. The zero-order valence-corrected chi connectivity index (χ0v) is 10.8. The predicted octanol–water partition coefficient (Wildman–Crippen LogP) is 1.01. The Morgan fingerprint density at radius 1 is 1.40 bits per heavy atom. The molecule has 0 aliphatic carbocycles. The van der Waals surface area contributed by atoms with Gasteiger partial charge in [-0.2, -0.15) is 0 Å². The summed E-state index contributed by atoms with van der Waals surface area (Å²) in [5, 5.41) is 3.51. The zero-order valence-electron chi connectivity index (χ0n) is 10.8. The van der Waals surface area contributed by atoms with Crippen LogP contribution in [-0.4, -0.2) is 61.7 Å². The smallest absolute Gasteiger partial charge is 0.0198 e. The summed E-state index contributed by atoms with van der Waals surface area (Å²) >= 11 is 0. The molecule has 0 aromatic carbocycles. The van der Waals surface area contributed by atoms with Crippen LogP contribution in [-0.2, 0) is 0 Å². The predicted molar refractivity (Wildman–Crippen MR) is 66.3 cm³/mol. The number of rotatable bonds is 5. The van der Waals surface area contributed by atoms with E-state index in [-0.39, 0.29) is 0 Å². The number of hydrogen-bond acceptors (Lipinski definition) is 3. The number of nitrogens with zero attached hydrogens (tertiary/aromatic N) is 2. The van der Waals surface area contributed by atoms with E-state index in [0.29, 0.717) is 12.1 Å².